The maximum Gasteiger partial charge on any atom is 0.220 e. The Bertz CT molecular complexity index is 681. The molecule has 0 aromatic heterocycles. The number of hydrogen-bond donors (Lipinski definition) is 1. The Morgan fingerprint density at radius 2 is 1.65 bits per heavy atom. The van der Waals surface area contributed by atoms with Crippen LogP contribution in [0, 0.1) is 0 Å². The lowest BCUT2D eigenvalue weighted by atomic mass is 10.1. The van der Waals surface area contributed by atoms with Gasteiger partial charge in [0, 0.05) is 23.6 Å². The first-order valence-corrected chi connectivity index (χ1v) is 9.40. The maximum atomic E-state index is 12.1. The van der Waals surface area contributed by atoms with Crippen LogP contribution in [-0.2, 0) is 11.2 Å². The second-order valence-corrected chi connectivity index (χ2v) is 6.71. The van der Waals surface area contributed by atoms with E-state index in [4.69, 9.17) is 14.2 Å². The molecule has 1 amide bonds. The summed E-state index contributed by atoms with van der Waals surface area (Å²) in [4.78, 5) is 13.3. The van der Waals surface area contributed by atoms with Crippen LogP contribution in [0.5, 0.6) is 17.2 Å². The van der Waals surface area contributed by atoms with E-state index >= 15 is 0 Å². The molecule has 26 heavy (non-hydrogen) atoms. The van der Waals surface area contributed by atoms with Crippen LogP contribution in [0.4, 0.5) is 0 Å². The van der Waals surface area contributed by atoms with Gasteiger partial charge in [-0.3, -0.25) is 4.79 Å². The van der Waals surface area contributed by atoms with Crippen LogP contribution in [0.3, 0.4) is 0 Å². The molecule has 0 atom stereocenters. The third-order valence-corrected chi connectivity index (χ3v) is 4.82. The minimum absolute atomic E-state index is 0.0346. The summed E-state index contributed by atoms with van der Waals surface area (Å²) in [7, 11) is 4.73. The monoisotopic (exact) mass is 375 g/mol. The van der Waals surface area contributed by atoms with Gasteiger partial charge in [0.25, 0.3) is 0 Å². The molecule has 1 N–H and O–H groups in total. The highest BCUT2D eigenvalue weighted by Crippen LogP contribution is 2.38. The molecule has 0 bridgehead atoms. The number of hydrogen-bond acceptors (Lipinski definition) is 5. The zero-order chi connectivity index (χ0) is 18.8. The fourth-order valence-electron chi connectivity index (χ4n) is 2.50. The fourth-order valence-corrected chi connectivity index (χ4v) is 3.29. The molecule has 140 valence electrons. The van der Waals surface area contributed by atoms with Gasteiger partial charge in [-0.15, -0.1) is 11.8 Å². The summed E-state index contributed by atoms with van der Waals surface area (Å²) in [6.45, 7) is 0.646. The molecule has 2 rings (SSSR count). The van der Waals surface area contributed by atoms with Crippen LogP contribution in [0.2, 0.25) is 0 Å². The number of amides is 1. The normalized spacial score (nSPS) is 10.3. The van der Waals surface area contributed by atoms with Crippen molar-refractivity contribution in [3.63, 3.8) is 0 Å². The lowest BCUT2D eigenvalue weighted by molar-refractivity contribution is -0.120. The molecular formula is C20H25NO4S. The van der Waals surface area contributed by atoms with E-state index in [1.165, 1.54) is 4.90 Å². The highest BCUT2D eigenvalue weighted by molar-refractivity contribution is 7.99. The molecule has 0 saturated carbocycles. The molecule has 5 nitrogen and oxygen atoms in total. The number of rotatable bonds is 10. The molecule has 0 fully saturated rings. The van der Waals surface area contributed by atoms with Crippen molar-refractivity contribution in [2.45, 2.75) is 17.7 Å². The Balaban J connectivity index is 1.79. The SMILES string of the molecule is COc1cc(CCC(=O)NCCSc2ccccc2)cc(OC)c1OC. The van der Waals surface area contributed by atoms with E-state index in [1.807, 2.05) is 30.3 Å². The standard InChI is InChI=1S/C20H25NO4S/c1-23-17-13-15(14-18(24-2)20(17)25-3)9-10-19(22)21-11-12-26-16-7-5-4-6-8-16/h4-8,13-14H,9-12H2,1-3H3,(H,21,22). The average molecular weight is 375 g/mol. The van der Waals surface area contributed by atoms with Gasteiger partial charge in [0.1, 0.15) is 0 Å². The summed E-state index contributed by atoms with van der Waals surface area (Å²) in [5, 5.41) is 2.96. The van der Waals surface area contributed by atoms with Crippen molar-refractivity contribution in [1.82, 2.24) is 5.32 Å². The summed E-state index contributed by atoms with van der Waals surface area (Å²) in [6, 6.07) is 13.9. The van der Waals surface area contributed by atoms with Crippen LogP contribution in [-0.4, -0.2) is 39.5 Å². The van der Waals surface area contributed by atoms with E-state index in [-0.39, 0.29) is 5.91 Å². The van der Waals surface area contributed by atoms with Gasteiger partial charge in [-0.05, 0) is 36.2 Å². The number of benzene rings is 2. The smallest absolute Gasteiger partial charge is 0.220 e. The summed E-state index contributed by atoms with van der Waals surface area (Å²) >= 11 is 1.73. The highest BCUT2D eigenvalue weighted by Gasteiger charge is 2.13. The summed E-state index contributed by atoms with van der Waals surface area (Å²) in [5.41, 5.74) is 0.966. The minimum Gasteiger partial charge on any atom is -0.493 e. The Hall–Kier alpha value is -2.34. The maximum absolute atomic E-state index is 12.1. The predicted molar refractivity (Wildman–Crippen MR) is 105 cm³/mol. The molecule has 0 heterocycles. The van der Waals surface area contributed by atoms with Crippen molar-refractivity contribution in [3.05, 3.63) is 48.0 Å². The van der Waals surface area contributed by atoms with Gasteiger partial charge in [0.2, 0.25) is 11.7 Å². The number of carbonyl (C=O) groups is 1. The molecule has 2 aromatic carbocycles. The van der Waals surface area contributed by atoms with E-state index < -0.39 is 0 Å². The van der Waals surface area contributed by atoms with Gasteiger partial charge in [0.15, 0.2) is 11.5 Å². The largest absolute Gasteiger partial charge is 0.493 e. The predicted octanol–water partition coefficient (Wildman–Crippen LogP) is 3.55. The molecular weight excluding hydrogens is 350 g/mol. The van der Waals surface area contributed by atoms with E-state index in [0.29, 0.717) is 36.6 Å². The number of ether oxygens (including phenoxy) is 3. The molecule has 0 unspecified atom stereocenters. The van der Waals surface area contributed by atoms with Gasteiger partial charge in [0.05, 0.1) is 21.3 Å². The topological polar surface area (TPSA) is 56.8 Å². The first kappa shape index (κ1) is 20.0. The zero-order valence-corrected chi connectivity index (χ0v) is 16.2. The number of nitrogens with one attached hydrogen (secondary N) is 1. The summed E-state index contributed by atoms with van der Waals surface area (Å²) in [5.74, 6) is 2.64. The second kappa shape index (κ2) is 10.6. The minimum atomic E-state index is 0.0346. The zero-order valence-electron chi connectivity index (χ0n) is 15.4. The van der Waals surface area contributed by atoms with Gasteiger partial charge < -0.3 is 19.5 Å². The van der Waals surface area contributed by atoms with Crippen LogP contribution >= 0.6 is 11.8 Å². The highest BCUT2D eigenvalue weighted by atomic mass is 32.2. The number of carbonyl (C=O) groups excluding carboxylic acids is 1. The Morgan fingerprint density at radius 3 is 2.23 bits per heavy atom. The van der Waals surface area contributed by atoms with Crippen LogP contribution < -0.4 is 19.5 Å². The van der Waals surface area contributed by atoms with Crippen LogP contribution in [0.15, 0.2) is 47.4 Å². The molecule has 0 aliphatic heterocycles. The van der Waals surface area contributed by atoms with Gasteiger partial charge >= 0.3 is 0 Å². The van der Waals surface area contributed by atoms with E-state index in [2.05, 4.69) is 17.4 Å². The quantitative estimate of drug-likeness (QED) is 0.508. The van der Waals surface area contributed by atoms with Crippen molar-refractivity contribution < 1.29 is 19.0 Å². The third-order valence-electron chi connectivity index (χ3n) is 3.80. The molecule has 2 aromatic rings. The Morgan fingerprint density at radius 1 is 1.00 bits per heavy atom. The van der Waals surface area contributed by atoms with E-state index in [9.17, 15) is 4.79 Å². The Labute approximate surface area is 159 Å². The Kier molecular flexibility index (Phi) is 8.15. The van der Waals surface area contributed by atoms with Crippen molar-refractivity contribution >= 4 is 17.7 Å². The van der Waals surface area contributed by atoms with Gasteiger partial charge in [-0.2, -0.15) is 0 Å². The molecule has 0 spiro atoms. The van der Waals surface area contributed by atoms with Crippen LogP contribution in [0.1, 0.15) is 12.0 Å². The van der Waals surface area contributed by atoms with E-state index in [0.717, 1.165) is 11.3 Å². The summed E-state index contributed by atoms with van der Waals surface area (Å²) in [6.07, 6.45) is 1.02. The molecule has 0 saturated heterocycles. The average Bonchev–Trinajstić information content (AvgIpc) is 2.69. The van der Waals surface area contributed by atoms with Gasteiger partial charge in [-0.25, -0.2) is 0 Å². The van der Waals surface area contributed by atoms with Crippen molar-refractivity contribution in [2.24, 2.45) is 0 Å². The fraction of sp³-hybridized carbons (Fsp3) is 0.350. The van der Waals surface area contributed by atoms with Crippen LogP contribution in [0.25, 0.3) is 0 Å². The van der Waals surface area contributed by atoms with Crippen molar-refractivity contribution in [2.75, 3.05) is 33.6 Å². The molecule has 0 aliphatic carbocycles. The number of aryl methyl sites for hydroxylation is 1. The number of methoxy groups -OCH3 is 3. The van der Waals surface area contributed by atoms with Gasteiger partial charge in [-0.1, -0.05) is 18.2 Å². The molecule has 0 aliphatic rings. The number of thioether (sulfide) groups is 1. The lowest BCUT2D eigenvalue weighted by Crippen LogP contribution is -2.25. The molecule has 0 radical (unpaired) electrons. The summed E-state index contributed by atoms with van der Waals surface area (Å²) < 4.78 is 16.0. The van der Waals surface area contributed by atoms with E-state index in [1.54, 1.807) is 33.1 Å². The first-order chi connectivity index (χ1) is 12.7. The lowest BCUT2D eigenvalue weighted by Gasteiger charge is -2.14. The first-order valence-electron chi connectivity index (χ1n) is 8.41. The van der Waals surface area contributed by atoms with Crippen molar-refractivity contribution in [1.29, 1.82) is 0 Å². The molecule has 6 heteroatoms. The van der Waals surface area contributed by atoms with Crippen molar-refractivity contribution in [3.8, 4) is 17.2 Å². The second-order valence-electron chi connectivity index (χ2n) is 5.55. The third kappa shape index (κ3) is 5.88.